The van der Waals surface area contributed by atoms with E-state index in [9.17, 15) is 14.4 Å². The summed E-state index contributed by atoms with van der Waals surface area (Å²) in [5, 5.41) is 5.71. The van der Waals surface area contributed by atoms with E-state index in [1.54, 1.807) is 13.0 Å². The van der Waals surface area contributed by atoms with Gasteiger partial charge in [0.2, 0.25) is 17.7 Å². The van der Waals surface area contributed by atoms with Gasteiger partial charge in [0.1, 0.15) is 11.6 Å². The Labute approximate surface area is 158 Å². The van der Waals surface area contributed by atoms with E-state index >= 15 is 0 Å². The summed E-state index contributed by atoms with van der Waals surface area (Å²) in [7, 11) is 1.54. The fourth-order valence-electron chi connectivity index (χ4n) is 5.40. The summed E-state index contributed by atoms with van der Waals surface area (Å²) in [6, 6.07) is -0.747. The quantitative estimate of drug-likeness (QED) is 0.536. The van der Waals surface area contributed by atoms with Gasteiger partial charge < -0.3 is 20.3 Å². The van der Waals surface area contributed by atoms with E-state index in [0.717, 1.165) is 25.7 Å². The molecule has 1 saturated carbocycles. The SMILES string of the molecule is C#CCN1C(=O)[C@@H]2[C@H](C(=O)NC)[C@@]3(C)C=C[C@]2(O3)[C@H]1C(=O)NC1CCCC1. The van der Waals surface area contributed by atoms with E-state index in [4.69, 9.17) is 11.2 Å². The molecular weight excluding hydrogens is 346 g/mol. The molecule has 3 fully saturated rings. The number of nitrogens with one attached hydrogen (secondary N) is 2. The lowest BCUT2D eigenvalue weighted by Gasteiger charge is -2.32. The predicted octanol–water partition coefficient (Wildman–Crippen LogP) is -0.0349. The number of likely N-dealkylation sites (tertiary alicyclic amines) is 1. The minimum absolute atomic E-state index is 0.00815. The Morgan fingerprint density at radius 2 is 2.04 bits per heavy atom. The molecule has 2 N–H and O–H groups in total. The molecule has 2 bridgehead atoms. The van der Waals surface area contributed by atoms with Gasteiger partial charge in [-0.05, 0) is 19.8 Å². The van der Waals surface area contributed by atoms with Gasteiger partial charge in [-0.2, -0.15) is 0 Å². The van der Waals surface area contributed by atoms with E-state index in [1.807, 2.05) is 6.08 Å². The van der Waals surface area contributed by atoms with Gasteiger partial charge in [0.15, 0.2) is 0 Å². The van der Waals surface area contributed by atoms with Crippen LogP contribution in [0.25, 0.3) is 0 Å². The topological polar surface area (TPSA) is 87.7 Å². The first-order chi connectivity index (χ1) is 12.9. The number of rotatable bonds is 4. The zero-order chi connectivity index (χ0) is 19.4. The van der Waals surface area contributed by atoms with E-state index in [-0.39, 0.29) is 30.3 Å². The van der Waals surface area contributed by atoms with Crippen molar-refractivity contribution >= 4 is 17.7 Å². The van der Waals surface area contributed by atoms with E-state index in [0.29, 0.717) is 0 Å². The lowest BCUT2D eigenvalue weighted by molar-refractivity contribution is -0.144. The molecule has 4 aliphatic rings. The molecular formula is C20H25N3O4. The highest BCUT2D eigenvalue weighted by Gasteiger charge is 2.76. The predicted molar refractivity (Wildman–Crippen MR) is 97.1 cm³/mol. The van der Waals surface area contributed by atoms with Gasteiger partial charge in [0, 0.05) is 13.1 Å². The maximum atomic E-state index is 13.2. The second kappa shape index (κ2) is 6.10. The molecule has 27 heavy (non-hydrogen) atoms. The summed E-state index contributed by atoms with van der Waals surface area (Å²) in [5.74, 6) is 0.230. The van der Waals surface area contributed by atoms with Crippen molar-refractivity contribution in [2.75, 3.05) is 13.6 Å². The molecule has 4 rings (SSSR count). The average molecular weight is 371 g/mol. The van der Waals surface area contributed by atoms with Crippen LogP contribution in [0.5, 0.6) is 0 Å². The fraction of sp³-hybridized carbons (Fsp3) is 0.650. The largest absolute Gasteiger partial charge is 0.359 e. The molecule has 0 radical (unpaired) electrons. The zero-order valence-electron chi connectivity index (χ0n) is 15.7. The smallest absolute Gasteiger partial charge is 0.246 e. The Hall–Kier alpha value is -2.33. The van der Waals surface area contributed by atoms with Crippen LogP contribution in [-0.4, -0.2) is 59.5 Å². The van der Waals surface area contributed by atoms with Gasteiger partial charge in [-0.25, -0.2) is 0 Å². The molecule has 3 aliphatic heterocycles. The zero-order valence-corrected chi connectivity index (χ0v) is 15.7. The van der Waals surface area contributed by atoms with Crippen LogP contribution < -0.4 is 10.6 Å². The summed E-state index contributed by atoms with van der Waals surface area (Å²) >= 11 is 0. The molecule has 3 heterocycles. The third-order valence-corrected chi connectivity index (χ3v) is 6.54. The van der Waals surface area contributed by atoms with Crippen molar-refractivity contribution in [2.45, 2.75) is 55.9 Å². The highest BCUT2D eigenvalue weighted by atomic mass is 16.5. The Balaban J connectivity index is 1.73. The lowest BCUT2D eigenvalue weighted by atomic mass is 9.70. The maximum Gasteiger partial charge on any atom is 0.246 e. The van der Waals surface area contributed by atoms with Crippen molar-refractivity contribution in [1.82, 2.24) is 15.5 Å². The molecule has 2 saturated heterocycles. The summed E-state index contributed by atoms with van der Waals surface area (Å²) < 4.78 is 6.29. The van der Waals surface area contributed by atoms with Crippen LogP contribution in [0.15, 0.2) is 12.2 Å². The van der Waals surface area contributed by atoms with Crippen LogP contribution in [0.2, 0.25) is 0 Å². The molecule has 7 heteroatoms. The Morgan fingerprint density at radius 3 is 2.67 bits per heavy atom. The number of fused-ring (bicyclic) bond motifs is 1. The summed E-state index contributed by atoms with van der Waals surface area (Å²) in [6.07, 6.45) is 13.1. The van der Waals surface area contributed by atoms with Crippen molar-refractivity contribution in [3.05, 3.63) is 12.2 Å². The van der Waals surface area contributed by atoms with E-state index in [2.05, 4.69) is 16.6 Å². The third-order valence-electron chi connectivity index (χ3n) is 6.54. The van der Waals surface area contributed by atoms with Crippen LogP contribution in [0.4, 0.5) is 0 Å². The number of ether oxygens (including phenoxy) is 1. The van der Waals surface area contributed by atoms with Crippen molar-refractivity contribution in [1.29, 1.82) is 0 Å². The standard InChI is InChI=1S/C20H25N3O4/c1-4-11-23-15(17(25)22-12-7-5-6-8-12)20-10-9-19(2,27-20)13(16(24)21-3)14(20)18(23)26/h1,9-10,12-15H,5-8,11H2,2-3H3,(H,21,24)(H,22,25)/t13-,14+,15-,19-,20-/m1/s1. The molecule has 3 amide bonds. The molecule has 5 atom stereocenters. The van der Waals surface area contributed by atoms with Crippen LogP contribution in [0, 0.1) is 24.2 Å². The molecule has 144 valence electrons. The number of nitrogens with zero attached hydrogens (tertiary/aromatic N) is 1. The molecule has 1 spiro atoms. The van der Waals surface area contributed by atoms with Gasteiger partial charge in [0.05, 0.1) is 24.0 Å². The molecule has 1 aliphatic carbocycles. The number of hydrogen-bond donors (Lipinski definition) is 2. The molecule has 0 aromatic heterocycles. The van der Waals surface area contributed by atoms with Gasteiger partial charge in [0.25, 0.3) is 0 Å². The Kier molecular flexibility index (Phi) is 4.08. The third kappa shape index (κ3) is 2.36. The minimum atomic E-state index is -1.15. The highest BCUT2D eigenvalue weighted by Crippen LogP contribution is 2.59. The van der Waals surface area contributed by atoms with Crippen molar-refractivity contribution < 1.29 is 19.1 Å². The second-order valence-electron chi connectivity index (χ2n) is 8.11. The van der Waals surface area contributed by atoms with Crippen LogP contribution >= 0.6 is 0 Å². The second-order valence-corrected chi connectivity index (χ2v) is 8.11. The Morgan fingerprint density at radius 1 is 1.33 bits per heavy atom. The van der Waals surface area contributed by atoms with Gasteiger partial charge in [-0.1, -0.05) is 30.9 Å². The normalized spacial score (nSPS) is 39.5. The van der Waals surface area contributed by atoms with Gasteiger partial charge in [-0.15, -0.1) is 6.42 Å². The van der Waals surface area contributed by atoms with Crippen LogP contribution in [0.1, 0.15) is 32.6 Å². The molecule has 7 nitrogen and oxygen atoms in total. The lowest BCUT2D eigenvalue weighted by Crippen LogP contribution is -2.56. The van der Waals surface area contributed by atoms with Crippen LogP contribution in [0.3, 0.4) is 0 Å². The number of hydrogen-bond acceptors (Lipinski definition) is 4. The summed E-state index contributed by atoms with van der Waals surface area (Å²) in [5.41, 5.74) is -2.06. The minimum Gasteiger partial charge on any atom is -0.359 e. The van der Waals surface area contributed by atoms with E-state index < -0.39 is 29.1 Å². The first-order valence-electron chi connectivity index (χ1n) is 9.54. The molecule has 0 unspecified atom stereocenters. The first kappa shape index (κ1) is 18.1. The summed E-state index contributed by atoms with van der Waals surface area (Å²) in [4.78, 5) is 40.4. The fourth-order valence-corrected chi connectivity index (χ4v) is 5.40. The maximum absolute atomic E-state index is 13.2. The Bertz CT molecular complexity index is 766. The van der Waals surface area contributed by atoms with Crippen molar-refractivity contribution in [3.8, 4) is 12.3 Å². The number of carbonyl (C=O) groups is 3. The van der Waals surface area contributed by atoms with Gasteiger partial charge >= 0.3 is 0 Å². The highest BCUT2D eigenvalue weighted by molar-refractivity contribution is 6.00. The number of amides is 3. The van der Waals surface area contributed by atoms with Gasteiger partial charge in [-0.3, -0.25) is 14.4 Å². The number of terminal acetylenes is 1. The van der Waals surface area contributed by atoms with E-state index in [1.165, 1.54) is 11.9 Å². The monoisotopic (exact) mass is 371 g/mol. The summed E-state index contributed by atoms with van der Waals surface area (Å²) in [6.45, 7) is 1.80. The molecule has 0 aromatic rings. The van der Waals surface area contributed by atoms with Crippen LogP contribution in [-0.2, 0) is 19.1 Å². The average Bonchev–Trinajstić information content (AvgIpc) is 3.35. The first-order valence-corrected chi connectivity index (χ1v) is 9.54. The number of carbonyl (C=O) groups excluding carboxylic acids is 3. The molecule has 0 aromatic carbocycles. The van der Waals surface area contributed by atoms with Crippen molar-refractivity contribution in [3.63, 3.8) is 0 Å². The van der Waals surface area contributed by atoms with Crippen molar-refractivity contribution in [2.24, 2.45) is 11.8 Å².